The Kier molecular flexibility index (Phi) is 8.05. The Morgan fingerprint density at radius 2 is 1.43 bits per heavy atom. The Bertz CT molecular complexity index is 1840. The van der Waals surface area contributed by atoms with Gasteiger partial charge in [0.25, 0.3) is 0 Å². The molecule has 4 fully saturated rings. The zero-order valence-electron chi connectivity index (χ0n) is 27.4. The Morgan fingerprint density at radius 1 is 0.723 bits per heavy atom. The number of aromatic hydroxyl groups is 2. The SMILES string of the molecule is C[C@@H]1CCN(CC2CC2)C[C@@H]1C(=O)c1ccc2c(O)c(C3CCC(C(=O)c4ccc5c(O)cccc5c4)CN3CC3CC3)ccc2c1. The zero-order chi connectivity index (χ0) is 32.2. The summed E-state index contributed by atoms with van der Waals surface area (Å²) in [5.74, 6) is 2.66. The minimum atomic E-state index is -0.113. The van der Waals surface area contributed by atoms with Gasteiger partial charge in [0.1, 0.15) is 11.5 Å². The Morgan fingerprint density at radius 3 is 2.19 bits per heavy atom. The van der Waals surface area contributed by atoms with E-state index in [4.69, 9.17) is 0 Å². The van der Waals surface area contributed by atoms with Gasteiger partial charge in [0.2, 0.25) is 0 Å². The van der Waals surface area contributed by atoms with Crippen LogP contribution in [0.15, 0.2) is 66.7 Å². The number of likely N-dealkylation sites (tertiary alicyclic amines) is 2. The maximum atomic E-state index is 13.8. The number of hydrogen-bond donors (Lipinski definition) is 2. The molecular formula is C41H46N2O4. The number of rotatable bonds is 9. The smallest absolute Gasteiger partial charge is 0.167 e. The van der Waals surface area contributed by atoms with E-state index in [1.807, 2.05) is 48.5 Å². The molecule has 0 aromatic heterocycles. The number of fused-ring (bicyclic) bond motifs is 2. The summed E-state index contributed by atoms with van der Waals surface area (Å²) in [6, 6.07) is 21.0. The number of phenolic OH excluding ortho intramolecular Hbond substituents is 2. The van der Waals surface area contributed by atoms with Crippen molar-refractivity contribution in [3.05, 3.63) is 83.4 Å². The summed E-state index contributed by atoms with van der Waals surface area (Å²) >= 11 is 0. The topological polar surface area (TPSA) is 81.1 Å². The normalized spacial score (nSPS) is 25.7. The molecule has 2 aliphatic carbocycles. The molecule has 0 bridgehead atoms. The maximum Gasteiger partial charge on any atom is 0.167 e. The highest BCUT2D eigenvalue weighted by Gasteiger charge is 2.38. The van der Waals surface area contributed by atoms with Crippen molar-refractivity contribution in [3.63, 3.8) is 0 Å². The molecule has 2 saturated heterocycles. The van der Waals surface area contributed by atoms with Gasteiger partial charge in [0, 0.05) is 71.5 Å². The van der Waals surface area contributed by atoms with Gasteiger partial charge in [-0.25, -0.2) is 0 Å². The number of Topliss-reactive ketones (excluding diaryl/α,β-unsaturated/α-hetero) is 2. The van der Waals surface area contributed by atoms with Crippen LogP contribution in [0.4, 0.5) is 0 Å². The first-order chi connectivity index (χ1) is 22.8. The molecule has 4 atom stereocenters. The molecule has 4 aliphatic rings. The predicted octanol–water partition coefficient (Wildman–Crippen LogP) is 8.00. The molecule has 2 N–H and O–H groups in total. The average Bonchev–Trinajstić information content (AvgIpc) is 4.03. The second-order valence-corrected chi connectivity index (χ2v) is 15.1. The number of ketones is 2. The van der Waals surface area contributed by atoms with Crippen molar-refractivity contribution in [2.24, 2.45) is 29.6 Å². The zero-order valence-corrected chi connectivity index (χ0v) is 27.4. The van der Waals surface area contributed by atoms with E-state index >= 15 is 0 Å². The van der Waals surface area contributed by atoms with Crippen LogP contribution in [0.5, 0.6) is 11.5 Å². The van der Waals surface area contributed by atoms with E-state index < -0.39 is 0 Å². The van der Waals surface area contributed by atoms with Gasteiger partial charge in [-0.2, -0.15) is 0 Å². The second-order valence-electron chi connectivity index (χ2n) is 15.1. The lowest BCUT2D eigenvalue weighted by Gasteiger charge is -2.40. The van der Waals surface area contributed by atoms with Crippen LogP contribution in [-0.2, 0) is 0 Å². The van der Waals surface area contributed by atoms with Crippen molar-refractivity contribution in [3.8, 4) is 11.5 Å². The van der Waals surface area contributed by atoms with Crippen molar-refractivity contribution in [1.29, 1.82) is 0 Å². The summed E-state index contributed by atoms with van der Waals surface area (Å²) in [5, 5.41) is 25.2. The fourth-order valence-electron chi connectivity index (χ4n) is 8.37. The molecule has 47 heavy (non-hydrogen) atoms. The first-order valence-electron chi connectivity index (χ1n) is 17.8. The minimum absolute atomic E-state index is 0.0171. The summed E-state index contributed by atoms with van der Waals surface area (Å²) in [5.41, 5.74) is 2.35. The molecule has 2 unspecified atom stereocenters. The quantitative estimate of drug-likeness (QED) is 0.183. The monoisotopic (exact) mass is 630 g/mol. The molecule has 0 spiro atoms. The van der Waals surface area contributed by atoms with Crippen molar-refractivity contribution < 1.29 is 19.8 Å². The highest BCUT2D eigenvalue weighted by atomic mass is 16.3. The lowest BCUT2D eigenvalue weighted by Crippen LogP contribution is -2.43. The Hall–Kier alpha value is -3.74. The van der Waals surface area contributed by atoms with Crippen molar-refractivity contribution in [1.82, 2.24) is 9.80 Å². The molecule has 6 heteroatoms. The number of hydrogen-bond acceptors (Lipinski definition) is 6. The van der Waals surface area contributed by atoms with Crippen LogP contribution in [-0.4, -0.2) is 64.3 Å². The van der Waals surface area contributed by atoms with Gasteiger partial charge in [-0.15, -0.1) is 0 Å². The Balaban J connectivity index is 1.01. The third kappa shape index (κ3) is 6.18. The average molecular weight is 631 g/mol. The molecule has 244 valence electrons. The van der Waals surface area contributed by atoms with E-state index in [9.17, 15) is 19.8 Å². The molecule has 4 aromatic carbocycles. The summed E-state index contributed by atoms with van der Waals surface area (Å²) in [4.78, 5) is 32.5. The van der Waals surface area contributed by atoms with Gasteiger partial charge in [-0.3, -0.25) is 14.5 Å². The molecule has 2 aliphatic heterocycles. The number of piperidine rings is 2. The highest BCUT2D eigenvalue weighted by Crippen LogP contribution is 2.44. The highest BCUT2D eigenvalue weighted by molar-refractivity contribution is 6.03. The molecule has 4 aromatic rings. The van der Waals surface area contributed by atoms with Crippen LogP contribution in [0.2, 0.25) is 0 Å². The van der Waals surface area contributed by atoms with Crippen LogP contribution >= 0.6 is 0 Å². The third-order valence-corrected chi connectivity index (χ3v) is 11.6. The van der Waals surface area contributed by atoms with Crippen LogP contribution < -0.4 is 0 Å². The van der Waals surface area contributed by atoms with Crippen LogP contribution in [0.1, 0.15) is 84.2 Å². The maximum absolute atomic E-state index is 13.8. The van der Waals surface area contributed by atoms with Crippen LogP contribution in [0, 0.1) is 29.6 Å². The lowest BCUT2D eigenvalue weighted by molar-refractivity contribution is 0.0685. The van der Waals surface area contributed by atoms with Crippen molar-refractivity contribution in [2.75, 3.05) is 32.7 Å². The van der Waals surface area contributed by atoms with Gasteiger partial charge < -0.3 is 15.1 Å². The van der Waals surface area contributed by atoms with E-state index in [0.29, 0.717) is 29.7 Å². The summed E-state index contributed by atoms with van der Waals surface area (Å²) in [6.45, 7) is 6.90. The minimum Gasteiger partial charge on any atom is -0.507 e. The third-order valence-electron chi connectivity index (χ3n) is 11.6. The van der Waals surface area contributed by atoms with E-state index in [2.05, 4.69) is 28.9 Å². The van der Waals surface area contributed by atoms with Crippen molar-refractivity contribution >= 4 is 33.1 Å². The van der Waals surface area contributed by atoms with Gasteiger partial charge in [0.15, 0.2) is 11.6 Å². The second kappa shape index (κ2) is 12.4. The first-order valence-corrected chi connectivity index (χ1v) is 17.8. The fraction of sp³-hybridized carbons (Fsp3) is 0.463. The molecule has 6 nitrogen and oxygen atoms in total. The first kappa shape index (κ1) is 30.6. The fourth-order valence-corrected chi connectivity index (χ4v) is 8.37. The molecule has 0 radical (unpaired) electrons. The van der Waals surface area contributed by atoms with Crippen LogP contribution in [0.25, 0.3) is 21.5 Å². The predicted molar refractivity (Wildman–Crippen MR) is 186 cm³/mol. The van der Waals surface area contributed by atoms with Gasteiger partial charge in [-0.05, 0) is 110 Å². The summed E-state index contributed by atoms with van der Waals surface area (Å²) in [7, 11) is 0. The number of nitrogens with zero attached hydrogens (tertiary/aromatic N) is 2. The standard InChI is InChI=1S/C41H46N2O4/c1-25-17-18-42(21-26-5-6-26)24-36(25)40(46)31-11-14-34-29(20-31)9-15-35(41(34)47)37-16-12-32(23-43(37)22-27-7-8-27)39(45)30-10-13-33-28(19-30)3-2-4-38(33)44/h2-4,9-11,13-15,19-20,25-27,32,36-37,44,47H,5-8,12,16-18,21-24H2,1H3/t25-,32?,36+,37?/m1/s1. The molecule has 0 amide bonds. The Labute approximate surface area is 277 Å². The number of carbonyl (C=O) groups is 2. The molecule has 2 heterocycles. The molecular weight excluding hydrogens is 584 g/mol. The van der Waals surface area contributed by atoms with Gasteiger partial charge >= 0.3 is 0 Å². The van der Waals surface area contributed by atoms with Crippen LogP contribution in [0.3, 0.4) is 0 Å². The number of phenols is 2. The van der Waals surface area contributed by atoms with Crippen molar-refractivity contribution in [2.45, 2.75) is 57.9 Å². The van der Waals surface area contributed by atoms with Gasteiger partial charge in [-0.1, -0.05) is 43.3 Å². The van der Waals surface area contributed by atoms with Gasteiger partial charge in [0.05, 0.1) is 0 Å². The largest absolute Gasteiger partial charge is 0.507 e. The summed E-state index contributed by atoms with van der Waals surface area (Å²) < 4.78 is 0. The van der Waals surface area contributed by atoms with E-state index in [1.165, 1.54) is 25.7 Å². The number of benzene rings is 4. The molecule has 8 rings (SSSR count). The lowest BCUT2D eigenvalue weighted by atomic mass is 9.81. The van der Waals surface area contributed by atoms with E-state index in [1.54, 1.807) is 6.07 Å². The van der Waals surface area contributed by atoms with E-state index in [-0.39, 0.29) is 35.2 Å². The van der Waals surface area contributed by atoms with E-state index in [0.717, 1.165) is 84.0 Å². The number of carbonyl (C=O) groups excluding carboxylic acids is 2. The summed E-state index contributed by atoms with van der Waals surface area (Å²) in [6.07, 6.45) is 7.71. The molecule has 2 saturated carbocycles.